The molecule has 1 aliphatic carbocycles. The minimum Gasteiger partial charge on any atom is -0.371 e. The fourth-order valence-corrected chi connectivity index (χ4v) is 4.84. The summed E-state index contributed by atoms with van der Waals surface area (Å²) in [6, 6.07) is 10.5. The van der Waals surface area contributed by atoms with Crippen LogP contribution in [0.2, 0.25) is 0 Å². The molecule has 1 saturated carbocycles. The number of nitrogens with one attached hydrogen (secondary N) is 2. The van der Waals surface area contributed by atoms with E-state index in [1.807, 2.05) is 18.0 Å². The zero-order valence-corrected chi connectivity index (χ0v) is 16.9. The van der Waals surface area contributed by atoms with Gasteiger partial charge in [0.2, 0.25) is 0 Å². The van der Waals surface area contributed by atoms with E-state index in [0.29, 0.717) is 24.8 Å². The highest BCUT2D eigenvalue weighted by molar-refractivity contribution is 6.09. The minimum atomic E-state index is -0.236. The van der Waals surface area contributed by atoms with Crippen molar-refractivity contribution in [1.82, 2.24) is 14.7 Å². The Hall–Kier alpha value is -2.83. The number of aryl methyl sites for hydroxylation is 1. The van der Waals surface area contributed by atoms with E-state index in [9.17, 15) is 4.79 Å². The molecule has 1 saturated heterocycles. The molecule has 152 valence electrons. The molecule has 1 spiro atoms. The van der Waals surface area contributed by atoms with Crippen molar-refractivity contribution < 1.29 is 4.79 Å². The number of piperidine rings is 1. The Labute approximate surface area is 171 Å². The molecule has 1 amide bonds. The summed E-state index contributed by atoms with van der Waals surface area (Å²) < 4.78 is 1.65. The first-order chi connectivity index (χ1) is 14.1. The normalized spacial score (nSPS) is 22.4. The lowest BCUT2D eigenvalue weighted by atomic mass is 9.83. The summed E-state index contributed by atoms with van der Waals surface area (Å²) in [4.78, 5) is 20.0. The molecule has 1 aromatic heterocycles. The van der Waals surface area contributed by atoms with Crippen LogP contribution in [-0.2, 0) is 7.05 Å². The monoisotopic (exact) mass is 392 g/mol. The van der Waals surface area contributed by atoms with Crippen molar-refractivity contribution in [2.45, 2.75) is 50.1 Å². The van der Waals surface area contributed by atoms with E-state index < -0.39 is 0 Å². The molecule has 5 rings (SSSR count). The third kappa shape index (κ3) is 3.28. The molecule has 0 atom stereocenters. The zero-order chi connectivity index (χ0) is 19.8. The lowest BCUT2D eigenvalue weighted by molar-refractivity contribution is 0.0693. The second kappa shape index (κ2) is 7.21. The lowest BCUT2D eigenvalue weighted by Gasteiger charge is -2.46. The van der Waals surface area contributed by atoms with Crippen molar-refractivity contribution in [3.05, 3.63) is 42.2 Å². The van der Waals surface area contributed by atoms with Crippen molar-refractivity contribution in [2.24, 2.45) is 12.0 Å². The van der Waals surface area contributed by atoms with Gasteiger partial charge in [-0.3, -0.25) is 14.5 Å². The van der Waals surface area contributed by atoms with Gasteiger partial charge in [-0.2, -0.15) is 5.10 Å². The van der Waals surface area contributed by atoms with Gasteiger partial charge in [-0.25, -0.2) is 0 Å². The second-order valence-corrected chi connectivity index (χ2v) is 8.43. The molecule has 7 nitrogen and oxygen atoms in total. The van der Waals surface area contributed by atoms with Gasteiger partial charge < -0.3 is 15.5 Å². The van der Waals surface area contributed by atoms with Gasteiger partial charge >= 0.3 is 0 Å². The Bertz CT molecular complexity index is 934. The summed E-state index contributed by atoms with van der Waals surface area (Å²) in [5.41, 5.74) is 2.61. The van der Waals surface area contributed by atoms with Crippen LogP contribution in [0, 0.1) is 0 Å². The number of amidine groups is 1. The number of aromatic nitrogens is 2. The van der Waals surface area contributed by atoms with Crippen LogP contribution in [0.1, 0.15) is 49.0 Å². The Morgan fingerprint density at radius 1 is 1.14 bits per heavy atom. The van der Waals surface area contributed by atoms with Crippen LogP contribution in [0.15, 0.2) is 41.5 Å². The van der Waals surface area contributed by atoms with E-state index in [1.165, 1.54) is 25.7 Å². The predicted molar refractivity (Wildman–Crippen MR) is 114 cm³/mol. The molecule has 0 radical (unpaired) electrons. The molecule has 3 heterocycles. The largest absolute Gasteiger partial charge is 0.371 e. The molecule has 0 bridgehead atoms. The SMILES string of the molecule is Cn1nccc1C(=O)N1CCC2(CC1)Nc1ccccc1NC2=NC1CCCC1. The number of likely N-dealkylation sites (tertiary alicyclic amines) is 1. The first-order valence-corrected chi connectivity index (χ1v) is 10.6. The number of carbonyl (C=O) groups is 1. The van der Waals surface area contributed by atoms with E-state index in [1.54, 1.807) is 16.9 Å². The van der Waals surface area contributed by atoms with Crippen LogP contribution < -0.4 is 10.6 Å². The second-order valence-electron chi connectivity index (χ2n) is 8.43. The van der Waals surface area contributed by atoms with Gasteiger partial charge in [-0.15, -0.1) is 0 Å². The van der Waals surface area contributed by atoms with Crippen molar-refractivity contribution >= 4 is 23.1 Å². The summed E-state index contributed by atoms with van der Waals surface area (Å²) in [6.07, 6.45) is 8.24. The molecular weight excluding hydrogens is 364 g/mol. The number of benzene rings is 1. The van der Waals surface area contributed by atoms with Crippen LogP contribution in [0.25, 0.3) is 0 Å². The molecule has 3 aliphatic rings. The third-order valence-corrected chi connectivity index (χ3v) is 6.59. The van der Waals surface area contributed by atoms with Gasteiger partial charge in [0.25, 0.3) is 5.91 Å². The van der Waals surface area contributed by atoms with E-state index in [2.05, 4.69) is 33.9 Å². The highest BCUT2D eigenvalue weighted by Gasteiger charge is 2.44. The molecule has 0 unspecified atom stereocenters. The third-order valence-electron chi connectivity index (χ3n) is 6.59. The van der Waals surface area contributed by atoms with Crippen LogP contribution in [0.4, 0.5) is 11.4 Å². The Morgan fingerprint density at radius 2 is 1.86 bits per heavy atom. The highest BCUT2D eigenvalue weighted by Crippen LogP contribution is 2.38. The average Bonchev–Trinajstić information content (AvgIpc) is 3.40. The molecule has 2 fully saturated rings. The lowest BCUT2D eigenvalue weighted by Crippen LogP contribution is -2.59. The molecule has 7 heteroatoms. The first-order valence-electron chi connectivity index (χ1n) is 10.6. The van der Waals surface area contributed by atoms with Crippen LogP contribution in [0.3, 0.4) is 0 Å². The van der Waals surface area contributed by atoms with Crippen molar-refractivity contribution in [3.8, 4) is 0 Å². The van der Waals surface area contributed by atoms with Gasteiger partial charge in [0, 0.05) is 26.3 Å². The molecule has 2 N–H and O–H groups in total. The molecule has 2 aliphatic heterocycles. The number of hydrogen-bond donors (Lipinski definition) is 2. The highest BCUT2D eigenvalue weighted by atomic mass is 16.2. The molecular formula is C22H28N6O. The number of nitrogens with zero attached hydrogens (tertiary/aromatic N) is 4. The number of para-hydroxylation sites is 2. The fourth-order valence-electron chi connectivity index (χ4n) is 4.84. The summed E-state index contributed by atoms with van der Waals surface area (Å²) in [6.45, 7) is 1.40. The molecule has 29 heavy (non-hydrogen) atoms. The standard InChI is InChI=1S/C22H28N6O/c1-27-19(10-13-23-27)20(29)28-14-11-22(12-15-28)21(24-16-6-2-3-7-16)25-17-8-4-5-9-18(17)26-22/h4-5,8-10,13,16,26H,2-3,6-7,11-12,14-15H2,1H3,(H,24,25). The molecule has 2 aromatic rings. The average molecular weight is 393 g/mol. The van der Waals surface area contributed by atoms with Gasteiger partial charge in [0.15, 0.2) is 0 Å². The van der Waals surface area contributed by atoms with Gasteiger partial charge in [0.05, 0.1) is 23.0 Å². The maximum absolute atomic E-state index is 12.9. The fraction of sp³-hybridized carbons (Fsp3) is 0.500. The number of hydrogen-bond acceptors (Lipinski definition) is 4. The van der Waals surface area contributed by atoms with E-state index in [0.717, 1.165) is 30.1 Å². The van der Waals surface area contributed by atoms with Crippen LogP contribution in [0.5, 0.6) is 0 Å². The maximum atomic E-state index is 12.9. The van der Waals surface area contributed by atoms with E-state index >= 15 is 0 Å². The summed E-state index contributed by atoms with van der Waals surface area (Å²) in [7, 11) is 1.81. The quantitative estimate of drug-likeness (QED) is 0.823. The number of fused-ring (bicyclic) bond motifs is 1. The van der Waals surface area contributed by atoms with E-state index in [-0.39, 0.29) is 11.4 Å². The topological polar surface area (TPSA) is 74.6 Å². The maximum Gasteiger partial charge on any atom is 0.272 e. The van der Waals surface area contributed by atoms with Crippen LogP contribution >= 0.6 is 0 Å². The van der Waals surface area contributed by atoms with Gasteiger partial charge in [-0.05, 0) is 43.9 Å². The Kier molecular flexibility index (Phi) is 4.53. The smallest absolute Gasteiger partial charge is 0.272 e. The predicted octanol–water partition coefficient (Wildman–Crippen LogP) is 3.27. The minimum absolute atomic E-state index is 0.0540. The molecule has 1 aromatic carbocycles. The number of amides is 1. The summed E-state index contributed by atoms with van der Waals surface area (Å²) in [5.74, 6) is 1.11. The van der Waals surface area contributed by atoms with Crippen molar-refractivity contribution in [1.29, 1.82) is 0 Å². The summed E-state index contributed by atoms with van der Waals surface area (Å²) in [5, 5.41) is 11.6. The van der Waals surface area contributed by atoms with E-state index in [4.69, 9.17) is 4.99 Å². The van der Waals surface area contributed by atoms with Gasteiger partial charge in [-0.1, -0.05) is 25.0 Å². The van der Waals surface area contributed by atoms with Crippen molar-refractivity contribution in [2.75, 3.05) is 23.7 Å². The summed E-state index contributed by atoms with van der Waals surface area (Å²) >= 11 is 0. The Balaban J connectivity index is 1.40. The zero-order valence-electron chi connectivity index (χ0n) is 16.9. The Morgan fingerprint density at radius 3 is 2.55 bits per heavy atom. The number of aliphatic imine (C=N–C) groups is 1. The number of anilines is 2. The first kappa shape index (κ1) is 18.2. The van der Waals surface area contributed by atoms with Crippen LogP contribution in [-0.4, -0.2) is 51.1 Å². The van der Waals surface area contributed by atoms with Crippen molar-refractivity contribution in [3.63, 3.8) is 0 Å². The van der Waals surface area contributed by atoms with Gasteiger partial charge in [0.1, 0.15) is 11.5 Å². The number of carbonyl (C=O) groups excluding carboxylic acids is 1. The number of rotatable bonds is 2.